The minimum Gasteiger partial charge on any atom is -0.497 e. The Kier molecular flexibility index (Phi) is 7.10. The van der Waals surface area contributed by atoms with E-state index < -0.39 is 0 Å². The molecule has 5 rings (SSSR count). The predicted molar refractivity (Wildman–Crippen MR) is 150 cm³/mol. The molecular formula is C29H24N4O4S. The van der Waals surface area contributed by atoms with Gasteiger partial charge in [-0.1, -0.05) is 30.3 Å². The van der Waals surface area contributed by atoms with E-state index in [-0.39, 0.29) is 11.8 Å². The Morgan fingerprint density at radius 1 is 0.921 bits per heavy atom. The summed E-state index contributed by atoms with van der Waals surface area (Å²) in [5.41, 5.74) is 3.44. The van der Waals surface area contributed by atoms with Gasteiger partial charge in [0.25, 0.3) is 5.91 Å². The van der Waals surface area contributed by atoms with Crippen LogP contribution in [0.5, 0.6) is 11.5 Å². The van der Waals surface area contributed by atoms with Gasteiger partial charge in [0.15, 0.2) is 5.17 Å². The molecule has 0 unspecified atom stereocenters. The van der Waals surface area contributed by atoms with Crippen LogP contribution in [0.25, 0.3) is 17.3 Å². The summed E-state index contributed by atoms with van der Waals surface area (Å²) >= 11 is 1.26. The first-order chi connectivity index (χ1) is 18.5. The van der Waals surface area contributed by atoms with E-state index >= 15 is 0 Å². The van der Waals surface area contributed by atoms with Crippen LogP contribution in [0.15, 0.2) is 95.0 Å². The van der Waals surface area contributed by atoms with Crippen molar-refractivity contribution in [2.45, 2.75) is 6.92 Å². The third-order valence-corrected chi connectivity index (χ3v) is 6.80. The SMILES string of the molecule is COc1ccc(N=C2S/C(=C\c3cn(C(C)=O)nc3-c3ccccc3)C(=O)N2c2ccc(OC)cc2)cc1. The molecule has 8 nitrogen and oxygen atoms in total. The Morgan fingerprint density at radius 3 is 2.16 bits per heavy atom. The normalized spacial score (nSPS) is 15.3. The van der Waals surface area contributed by atoms with Gasteiger partial charge in [0, 0.05) is 24.2 Å². The summed E-state index contributed by atoms with van der Waals surface area (Å²) in [5, 5.41) is 4.98. The number of carbonyl (C=O) groups is 2. The van der Waals surface area contributed by atoms with E-state index in [2.05, 4.69) is 5.10 Å². The van der Waals surface area contributed by atoms with Gasteiger partial charge < -0.3 is 9.47 Å². The molecule has 0 aliphatic carbocycles. The lowest BCUT2D eigenvalue weighted by Gasteiger charge is -2.16. The third-order valence-electron chi connectivity index (χ3n) is 5.83. The second-order valence-corrected chi connectivity index (χ2v) is 9.31. The summed E-state index contributed by atoms with van der Waals surface area (Å²) in [4.78, 5) is 32.7. The topological polar surface area (TPSA) is 86.0 Å². The number of amides is 1. The first-order valence-electron chi connectivity index (χ1n) is 11.7. The maximum atomic E-state index is 13.8. The fourth-order valence-corrected chi connectivity index (χ4v) is 4.88. The largest absolute Gasteiger partial charge is 0.497 e. The Bertz CT molecular complexity index is 1540. The third kappa shape index (κ3) is 5.09. The van der Waals surface area contributed by atoms with Crippen LogP contribution >= 0.6 is 11.8 Å². The fourth-order valence-electron chi connectivity index (χ4n) is 3.89. The molecule has 1 aliphatic rings. The molecule has 1 saturated heterocycles. The van der Waals surface area contributed by atoms with Crippen molar-refractivity contribution in [1.82, 2.24) is 9.78 Å². The lowest BCUT2D eigenvalue weighted by atomic mass is 10.1. The fraction of sp³-hybridized carbons (Fsp3) is 0.103. The lowest BCUT2D eigenvalue weighted by molar-refractivity contribution is -0.113. The number of hydrogen-bond donors (Lipinski definition) is 0. The molecule has 9 heteroatoms. The van der Waals surface area contributed by atoms with Crippen molar-refractivity contribution in [3.8, 4) is 22.8 Å². The van der Waals surface area contributed by atoms with E-state index in [0.29, 0.717) is 44.2 Å². The van der Waals surface area contributed by atoms with Gasteiger partial charge in [-0.25, -0.2) is 9.67 Å². The molecule has 0 atom stereocenters. The monoisotopic (exact) mass is 524 g/mol. The van der Waals surface area contributed by atoms with Crippen molar-refractivity contribution in [1.29, 1.82) is 0 Å². The summed E-state index contributed by atoms with van der Waals surface area (Å²) in [6, 6.07) is 24.1. The van der Waals surface area contributed by atoms with Crippen molar-refractivity contribution in [2.24, 2.45) is 4.99 Å². The molecule has 0 spiro atoms. The van der Waals surface area contributed by atoms with Crippen LogP contribution in [-0.2, 0) is 4.79 Å². The number of carbonyl (C=O) groups excluding carboxylic acids is 2. The number of anilines is 1. The van der Waals surface area contributed by atoms with Gasteiger partial charge in [-0.3, -0.25) is 14.5 Å². The highest BCUT2D eigenvalue weighted by atomic mass is 32.2. The number of aromatic nitrogens is 2. The number of thioether (sulfide) groups is 1. The Morgan fingerprint density at radius 2 is 1.55 bits per heavy atom. The van der Waals surface area contributed by atoms with E-state index in [1.165, 1.54) is 23.4 Å². The van der Waals surface area contributed by atoms with Crippen molar-refractivity contribution < 1.29 is 19.1 Å². The van der Waals surface area contributed by atoms with Crippen LogP contribution < -0.4 is 14.4 Å². The number of hydrogen-bond acceptors (Lipinski definition) is 7. The van der Waals surface area contributed by atoms with Crippen molar-refractivity contribution in [2.75, 3.05) is 19.1 Å². The maximum absolute atomic E-state index is 13.8. The Hall–Kier alpha value is -4.63. The zero-order valence-electron chi connectivity index (χ0n) is 21.0. The first kappa shape index (κ1) is 25.0. The molecule has 38 heavy (non-hydrogen) atoms. The molecule has 1 amide bonds. The maximum Gasteiger partial charge on any atom is 0.271 e. The zero-order valence-corrected chi connectivity index (χ0v) is 21.8. The molecule has 3 aromatic carbocycles. The number of rotatable bonds is 6. The summed E-state index contributed by atoms with van der Waals surface area (Å²) in [7, 11) is 3.20. The Balaban J connectivity index is 1.59. The lowest BCUT2D eigenvalue weighted by Crippen LogP contribution is -2.28. The summed E-state index contributed by atoms with van der Waals surface area (Å²) in [5.74, 6) is 0.940. The van der Waals surface area contributed by atoms with Crippen molar-refractivity contribution in [3.63, 3.8) is 0 Å². The van der Waals surface area contributed by atoms with E-state index in [0.717, 1.165) is 5.56 Å². The molecule has 1 aromatic heterocycles. The average molecular weight is 525 g/mol. The number of aliphatic imine (C=N–C) groups is 1. The van der Waals surface area contributed by atoms with E-state index in [9.17, 15) is 9.59 Å². The van der Waals surface area contributed by atoms with Crippen LogP contribution in [0.2, 0.25) is 0 Å². The second-order valence-electron chi connectivity index (χ2n) is 8.30. The van der Waals surface area contributed by atoms with Gasteiger partial charge in [-0.2, -0.15) is 5.10 Å². The molecule has 1 aliphatic heterocycles. The van der Waals surface area contributed by atoms with E-state index in [4.69, 9.17) is 14.5 Å². The number of ether oxygens (including phenoxy) is 2. The van der Waals surface area contributed by atoms with Gasteiger partial charge in [-0.15, -0.1) is 0 Å². The molecule has 4 aromatic rings. The number of methoxy groups -OCH3 is 2. The van der Waals surface area contributed by atoms with Gasteiger partial charge in [0.2, 0.25) is 5.91 Å². The van der Waals surface area contributed by atoms with Crippen LogP contribution in [0.4, 0.5) is 11.4 Å². The average Bonchev–Trinajstić information content (AvgIpc) is 3.51. The molecule has 0 N–H and O–H groups in total. The molecular weight excluding hydrogens is 500 g/mol. The van der Waals surface area contributed by atoms with Gasteiger partial charge in [-0.05, 0) is 66.4 Å². The minimum absolute atomic E-state index is 0.223. The molecule has 0 bridgehead atoms. The second kappa shape index (κ2) is 10.8. The van der Waals surface area contributed by atoms with Crippen molar-refractivity contribution in [3.05, 3.63) is 95.5 Å². The van der Waals surface area contributed by atoms with Gasteiger partial charge >= 0.3 is 0 Å². The summed E-state index contributed by atoms with van der Waals surface area (Å²) in [6.45, 7) is 1.44. The highest BCUT2D eigenvalue weighted by Gasteiger charge is 2.35. The van der Waals surface area contributed by atoms with E-state index in [1.807, 2.05) is 66.7 Å². The van der Waals surface area contributed by atoms with Crippen LogP contribution in [-0.4, -0.2) is 41.0 Å². The predicted octanol–water partition coefficient (Wildman–Crippen LogP) is 6.04. The quantitative estimate of drug-likeness (QED) is 0.286. The molecule has 0 radical (unpaired) electrons. The smallest absolute Gasteiger partial charge is 0.271 e. The Labute approximate surface area is 224 Å². The van der Waals surface area contributed by atoms with Gasteiger partial charge in [0.05, 0.1) is 30.5 Å². The zero-order chi connectivity index (χ0) is 26.6. The molecule has 0 saturated carbocycles. The highest BCUT2D eigenvalue weighted by Crippen LogP contribution is 2.39. The number of benzene rings is 3. The minimum atomic E-state index is -0.234. The standard InChI is InChI=1S/C29H24N4O4S/c1-19(34)32-18-21(27(31-32)20-7-5-4-6-8-20)17-26-28(35)33(23-11-15-25(37-3)16-12-23)29(38-26)30-22-9-13-24(36-2)14-10-22/h4-18H,1-3H3/b26-17-,30-29?. The molecule has 2 heterocycles. The van der Waals surface area contributed by atoms with Gasteiger partial charge in [0.1, 0.15) is 17.2 Å². The molecule has 1 fully saturated rings. The first-order valence-corrected chi connectivity index (χ1v) is 12.6. The molecule has 190 valence electrons. The summed E-state index contributed by atoms with van der Waals surface area (Å²) < 4.78 is 11.8. The van der Waals surface area contributed by atoms with Crippen LogP contribution in [0, 0.1) is 0 Å². The summed E-state index contributed by atoms with van der Waals surface area (Å²) in [6.07, 6.45) is 3.40. The highest BCUT2D eigenvalue weighted by molar-refractivity contribution is 8.19. The number of amidine groups is 1. The number of nitrogens with zero attached hydrogens (tertiary/aromatic N) is 4. The van der Waals surface area contributed by atoms with Crippen molar-refractivity contribution >= 4 is 46.2 Å². The van der Waals surface area contributed by atoms with Crippen LogP contribution in [0.1, 0.15) is 17.3 Å². The van der Waals surface area contributed by atoms with E-state index in [1.54, 1.807) is 43.5 Å². The van der Waals surface area contributed by atoms with Crippen LogP contribution in [0.3, 0.4) is 0 Å².